The van der Waals surface area contributed by atoms with E-state index in [-0.39, 0.29) is 18.6 Å². The number of nitrogens with zero attached hydrogens (tertiary/aromatic N) is 2. The number of amides is 1. The number of alkyl halides is 3. The van der Waals surface area contributed by atoms with Gasteiger partial charge in [0.05, 0.1) is 18.2 Å². The number of aryl methyl sites for hydroxylation is 1. The van der Waals surface area contributed by atoms with Crippen molar-refractivity contribution in [3.63, 3.8) is 0 Å². The monoisotopic (exact) mass is 518 g/mol. The van der Waals surface area contributed by atoms with Gasteiger partial charge in [0.1, 0.15) is 18.1 Å². The van der Waals surface area contributed by atoms with Gasteiger partial charge in [-0.1, -0.05) is 42.0 Å². The van der Waals surface area contributed by atoms with Crippen LogP contribution in [0.4, 0.5) is 13.2 Å². The Kier molecular flexibility index (Phi) is 7.15. The highest BCUT2D eigenvalue weighted by atomic mass is 19.4. The Labute approximate surface area is 218 Å². The number of hydrogen-bond donors (Lipinski definition) is 0. The van der Waals surface area contributed by atoms with E-state index in [1.807, 2.05) is 54.3 Å². The van der Waals surface area contributed by atoms with Crippen molar-refractivity contribution >= 4 is 5.91 Å². The lowest BCUT2D eigenvalue weighted by Crippen LogP contribution is -2.43. The van der Waals surface area contributed by atoms with Crippen molar-refractivity contribution in [2.75, 3.05) is 13.2 Å². The fraction of sp³-hybridized carbons (Fsp3) is 0.200. The summed E-state index contributed by atoms with van der Waals surface area (Å²) in [5.41, 5.74) is 4.09. The zero-order valence-electron chi connectivity index (χ0n) is 20.6. The van der Waals surface area contributed by atoms with Gasteiger partial charge < -0.3 is 14.4 Å². The first-order valence-corrected chi connectivity index (χ1v) is 12.1. The van der Waals surface area contributed by atoms with Crippen molar-refractivity contribution in [2.45, 2.75) is 25.7 Å². The van der Waals surface area contributed by atoms with Gasteiger partial charge in [0.2, 0.25) is 5.91 Å². The zero-order chi connectivity index (χ0) is 26.7. The number of rotatable bonds is 6. The van der Waals surface area contributed by atoms with Crippen LogP contribution in [-0.4, -0.2) is 29.0 Å². The number of carbonyl (C=O) groups is 1. The Morgan fingerprint density at radius 1 is 0.921 bits per heavy atom. The van der Waals surface area contributed by atoms with Crippen LogP contribution in [0.25, 0.3) is 11.1 Å². The van der Waals surface area contributed by atoms with Gasteiger partial charge in [0.15, 0.2) is 0 Å². The minimum Gasteiger partial charge on any atom is -0.457 e. The molecule has 0 radical (unpaired) electrons. The number of pyridine rings is 1. The fourth-order valence-corrected chi connectivity index (χ4v) is 4.33. The van der Waals surface area contributed by atoms with Gasteiger partial charge >= 0.3 is 6.18 Å². The Morgan fingerprint density at radius 3 is 2.24 bits per heavy atom. The highest BCUT2D eigenvalue weighted by molar-refractivity contribution is 5.79. The lowest BCUT2D eigenvalue weighted by molar-refractivity contribution is -0.149. The Balaban J connectivity index is 1.32. The smallest absolute Gasteiger partial charge is 0.416 e. The van der Waals surface area contributed by atoms with E-state index in [0.29, 0.717) is 24.7 Å². The highest BCUT2D eigenvalue weighted by Gasteiger charge is 2.31. The lowest BCUT2D eigenvalue weighted by Gasteiger charge is -2.36. The molecule has 0 bridgehead atoms. The summed E-state index contributed by atoms with van der Waals surface area (Å²) in [4.78, 5) is 19.0. The van der Waals surface area contributed by atoms with E-state index in [2.05, 4.69) is 4.98 Å². The molecule has 0 spiro atoms. The molecule has 0 N–H and O–H groups in total. The van der Waals surface area contributed by atoms with E-state index in [1.165, 1.54) is 12.1 Å². The summed E-state index contributed by atoms with van der Waals surface area (Å²) >= 11 is 0. The van der Waals surface area contributed by atoms with Crippen LogP contribution in [0.1, 0.15) is 28.3 Å². The molecule has 8 heteroatoms. The van der Waals surface area contributed by atoms with Crippen LogP contribution in [0.15, 0.2) is 91.3 Å². The molecule has 1 aliphatic heterocycles. The molecule has 5 rings (SSSR count). The standard InChI is InChI=1S/C30H25F3N2O3/c1-20-2-4-21(5-3-20)17-35-28(18-37-19-29(35)36)24-14-23(15-34-16-24)22-6-10-26(11-7-22)38-27-12-8-25(9-13-27)30(31,32)33/h2-16,28H,17-19H2,1H3. The second-order valence-corrected chi connectivity index (χ2v) is 9.19. The van der Waals surface area contributed by atoms with E-state index in [0.717, 1.165) is 39.9 Å². The second kappa shape index (κ2) is 10.7. The normalized spacial score (nSPS) is 15.9. The first kappa shape index (κ1) is 25.5. The average Bonchev–Trinajstić information content (AvgIpc) is 2.91. The molecule has 3 aromatic carbocycles. The third-order valence-electron chi connectivity index (χ3n) is 6.42. The van der Waals surface area contributed by atoms with Crippen LogP contribution in [-0.2, 0) is 22.3 Å². The zero-order valence-corrected chi connectivity index (χ0v) is 20.6. The molecule has 1 aromatic heterocycles. The van der Waals surface area contributed by atoms with E-state index >= 15 is 0 Å². The largest absolute Gasteiger partial charge is 0.457 e. The topological polar surface area (TPSA) is 51.7 Å². The Hall–Kier alpha value is -4.17. The number of morpholine rings is 1. The quantitative estimate of drug-likeness (QED) is 0.277. The minimum atomic E-state index is -4.39. The van der Waals surface area contributed by atoms with Gasteiger partial charge in [-0.05, 0) is 66.1 Å². The van der Waals surface area contributed by atoms with E-state index < -0.39 is 11.7 Å². The summed E-state index contributed by atoms with van der Waals surface area (Å²) in [7, 11) is 0. The molecular weight excluding hydrogens is 493 g/mol. The second-order valence-electron chi connectivity index (χ2n) is 9.19. The molecule has 1 saturated heterocycles. The van der Waals surface area contributed by atoms with Gasteiger partial charge in [-0.15, -0.1) is 0 Å². The molecule has 4 aromatic rings. The number of halogens is 3. The van der Waals surface area contributed by atoms with E-state index in [9.17, 15) is 18.0 Å². The Morgan fingerprint density at radius 2 is 1.58 bits per heavy atom. The van der Waals surface area contributed by atoms with Gasteiger partial charge in [-0.3, -0.25) is 9.78 Å². The molecule has 1 atom stereocenters. The van der Waals surface area contributed by atoms with Crippen LogP contribution in [0, 0.1) is 6.92 Å². The maximum atomic E-state index is 12.8. The number of hydrogen-bond acceptors (Lipinski definition) is 4. The fourth-order valence-electron chi connectivity index (χ4n) is 4.33. The van der Waals surface area contributed by atoms with Crippen molar-refractivity contribution in [2.24, 2.45) is 0 Å². The summed E-state index contributed by atoms with van der Waals surface area (Å²) in [5, 5.41) is 0. The molecule has 2 heterocycles. The molecule has 194 valence electrons. The van der Waals surface area contributed by atoms with E-state index in [4.69, 9.17) is 9.47 Å². The molecular formula is C30H25F3N2O3. The van der Waals surface area contributed by atoms with Crippen LogP contribution in [0.3, 0.4) is 0 Å². The molecule has 0 aliphatic carbocycles. The summed E-state index contributed by atoms with van der Waals surface area (Å²) in [6, 6.07) is 21.6. The first-order chi connectivity index (χ1) is 18.3. The van der Waals surface area contributed by atoms with Crippen LogP contribution < -0.4 is 4.74 Å². The molecule has 1 amide bonds. The number of ether oxygens (including phenoxy) is 2. The predicted molar refractivity (Wildman–Crippen MR) is 136 cm³/mol. The van der Waals surface area contributed by atoms with Crippen molar-refractivity contribution in [3.05, 3.63) is 114 Å². The van der Waals surface area contributed by atoms with Gasteiger partial charge in [0.25, 0.3) is 0 Å². The number of carbonyl (C=O) groups excluding carboxylic acids is 1. The molecule has 1 aliphatic rings. The maximum absolute atomic E-state index is 12.8. The minimum absolute atomic E-state index is 0.0515. The first-order valence-electron chi connectivity index (χ1n) is 12.1. The highest BCUT2D eigenvalue weighted by Crippen LogP contribution is 2.33. The summed E-state index contributed by atoms with van der Waals surface area (Å²) in [6.45, 7) is 2.93. The van der Waals surface area contributed by atoms with Crippen molar-refractivity contribution < 1.29 is 27.4 Å². The Bertz CT molecular complexity index is 1400. The summed E-state index contributed by atoms with van der Waals surface area (Å²) < 4.78 is 49.6. The van der Waals surface area contributed by atoms with Crippen LogP contribution in [0.5, 0.6) is 11.5 Å². The summed E-state index contributed by atoms with van der Waals surface area (Å²) in [5.74, 6) is 0.732. The maximum Gasteiger partial charge on any atom is 0.416 e. The molecule has 38 heavy (non-hydrogen) atoms. The molecule has 5 nitrogen and oxygen atoms in total. The van der Waals surface area contributed by atoms with E-state index in [1.54, 1.807) is 24.5 Å². The van der Waals surface area contributed by atoms with Gasteiger partial charge in [-0.25, -0.2) is 0 Å². The van der Waals surface area contributed by atoms with Crippen molar-refractivity contribution in [1.29, 1.82) is 0 Å². The van der Waals surface area contributed by atoms with Crippen molar-refractivity contribution in [3.8, 4) is 22.6 Å². The molecule has 1 unspecified atom stereocenters. The number of aromatic nitrogens is 1. The molecule has 0 saturated carbocycles. The summed E-state index contributed by atoms with van der Waals surface area (Å²) in [6.07, 6.45) is -0.900. The van der Waals surface area contributed by atoms with Crippen LogP contribution >= 0.6 is 0 Å². The lowest BCUT2D eigenvalue weighted by atomic mass is 10.0. The third kappa shape index (κ3) is 5.86. The predicted octanol–water partition coefficient (Wildman–Crippen LogP) is 6.97. The van der Waals surface area contributed by atoms with Gasteiger partial charge in [0, 0.05) is 24.5 Å². The molecule has 1 fully saturated rings. The third-order valence-corrected chi connectivity index (χ3v) is 6.42. The van der Waals surface area contributed by atoms with Crippen molar-refractivity contribution in [1.82, 2.24) is 9.88 Å². The SMILES string of the molecule is Cc1ccc(CN2C(=O)COCC2c2cncc(-c3ccc(Oc4ccc(C(F)(F)F)cc4)cc3)c2)cc1. The van der Waals surface area contributed by atoms with Gasteiger partial charge in [-0.2, -0.15) is 13.2 Å². The van der Waals surface area contributed by atoms with Crippen LogP contribution in [0.2, 0.25) is 0 Å². The number of benzene rings is 3. The average molecular weight is 519 g/mol.